The maximum absolute atomic E-state index is 13.0. The van der Waals surface area contributed by atoms with Crippen molar-refractivity contribution in [1.29, 1.82) is 0 Å². The third kappa shape index (κ3) is 4.54. The van der Waals surface area contributed by atoms with Crippen LogP contribution >= 0.6 is 11.3 Å². The number of sulfonamides is 1. The number of thiophene rings is 1. The van der Waals surface area contributed by atoms with Crippen LogP contribution < -0.4 is 10.2 Å². The Morgan fingerprint density at radius 1 is 1.13 bits per heavy atom. The third-order valence-corrected chi connectivity index (χ3v) is 8.91. The fourth-order valence-corrected chi connectivity index (χ4v) is 6.91. The highest BCUT2D eigenvalue weighted by Crippen LogP contribution is 2.30. The van der Waals surface area contributed by atoms with Gasteiger partial charge in [0.1, 0.15) is 4.21 Å². The van der Waals surface area contributed by atoms with Crippen molar-refractivity contribution in [2.24, 2.45) is 5.92 Å². The van der Waals surface area contributed by atoms with Gasteiger partial charge in [-0.3, -0.25) is 4.79 Å². The normalized spacial score (nSPS) is 20.8. The van der Waals surface area contributed by atoms with Crippen LogP contribution in [-0.4, -0.2) is 58.0 Å². The second-order valence-corrected chi connectivity index (χ2v) is 11.1. The molecule has 4 rings (SSSR count). The molecule has 1 aromatic heterocycles. The van der Waals surface area contributed by atoms with Crippen LogP contribution in [0.2, 0.25) is 0 Å². The largest absolute Gasteiger partial charge is 0.378 e. The van der Waals surface area contributed by atoms with Gasteiger partial charge in [-0.15, -0.1) is 11.3 Å². The molecule has 1 N–H and O–H groups in total. The number of hydrogen-bond acceptors (Lipinski definition) is 6. The highest BCUT2D eigenvalue weighted by molar-refractivity contribution is 7.91. The van der Waals surface area contributed by atoms with E-state index in [0.29, 0.717) is 36.8 Å². The first kappa shape index (κ1) is 21.3. The highest BCUT2D eigenvalue weighted by Gasteiger charge is 2.34. The van der Waals surface area contributed by atoms with Crippen molar-refractivity contribution in [2.45, 2.75) is 24.0 Å². The zero-order valence-electron chi connectivity index (χ0n) is 17.0. The molecule has 2 aliphatic heterocycles. The number of amides is 1. The lowest BCUT2D eigenvalue weighted by Gasteiger charge is -2.32. The van der Waals surface area contributed by atoms with Gasteiger partial charge >= 0.3 is 0 Å². The van der Waals surface area contributed by atoms with Gasteiger partial charge in [0.05, 0.1) is 30.5 Å². The molecule has 0 bridgehead atoms. The van der Waals surface area contributed by atoms with Crippen molar-refractivity contribution in [3.63, 3.8) is 0 Å². The summed E-state index contributed by atoms with van der Waals surface area (Å²) in [5.74, 6) is -0.495. The first-order chi connectivity index (χ1) is 14.4. The quantitative estimate of drug-likeness (QED) is 0.759. The molecule has 1 amide bonds. The SMILES string of the molecule is Cc1ccc(S(=O)(=O)N2CCCC(C(=O)Nc3ccccc3N3CCOCC3)C2)s1. The summed E-state index contributed by atoms with van der Waals surface area (Å²) in [5, 5.41) is 3.05. The van der Waals surface area contributed by atoms with Crippen LogP contribution in [0, 0.1) is 12.8 Å². The molecule has 1 aromatic carbocycles. The van der Waals surface area contributed by atoms with Gasteiger partial charge in [0.25, 0.3) is 10.0 Å². The Bertz CT molecular complexity index is 999. The van der Waals surface area contributed by atoms with E-state index in [0.717, 1.165) is 29.3 Å². The molecule has 2 aliphatic rings. The average molecular weight is 450 g/mol. The molecule has 0 aliphatic carbocycles. The number of anilines is 2. The molecule has 9 heteroatoms. The van der Waals surface area contributed by atoms with Gasteiger partial charge in [-0.05, 0) is 44.0 Å². The van der Waals surface area contributed by atoms with Crippen molar-refractivity contribution in [3.8, 4) is 0 Å². The molecule has 30 heavy (non-hydrogen) atoms. The highest BCUT2D eigenvalue weighted by atomic mass is 32.2. The summed E-state index contributed by atoms with van der Waals surface area (Å²) in [6.45, 7) is 5.45. The van der Waals surface area contributed by atoms with Crippen LogP contribution in [0.15, 0.2) is 40.6 Å². The lowest BCUT2D eigenvalue weighted by Crippen LogP contribution is -2.43. The standard InChI is InChI=1S/C21H27N3O4S2/c1-16-8-9-20(29-16)30(26,27)24-10-4-5-17(15-24)21(25)22-18-6-2-3-7-19(18)23-11-13-28-14-12-23/h2-3,6-9,17H,4-5,10-15H2,1H3,(H,22,25). The lowest BCUT2D eigenvalue weighted by molar-refractivity contribution is -0.120. The number of benzene rings is 1. The Morgan fingerprint density at radius 2 is 1.90 bits per heavy atom. The van der Waals surface area contributed by atoms with E-state index in [4.69, 9.17) is 4.74 Å². The molecule has 0 saturated carbocycles. The van der Waals surface area contributed by atoms with Crippen LogP contribution in [0.1, 0.15) is 17.7 Å². The van der Waals surface area contributed by atoms with E-state index in [1.165, 1.54) is 15.6 Å². The second kappa shape index (κ2) is 9.05. The summed E-state index contributed by atoms with van der Waals surface area (Å²) >= 11 is 1.27. The number of carbonyl (C=O) groups excluding carboxylic acids is 1. The van der Waals surface area contributed by atoms with Crippen LogP contribution in [0.3, 0.4) is 0 Å². The zero-order chi connectivity index (χ0) is 21.1. The smallest absolute Gasteiger partial charge is 0.252 e. The zero-order valence-corrected chi connectivity index (χ0v) is 18.7. The molecular formula is C21H27N3O4S2. The predicted octanol–water partition coefficient (Wildman–Crippen LogP) is 2.93. The Labute approximate surface area is 181 Å². The van der Waals surface area contributed by atoms with Crippen molar-refractivity contribution < 1.29 is 17.9 Å². The molecule has 1 atom stereocenters. The minimum atomic E-state index is -3.56. The molecule has 162 valence electrons. The van der Waals surface area contributed by atoms with Crippen molar-refractivity contribution in [2.75, 3.05) is 49.6 Å². The van der Waals surface area contributed by atoms with Gasteiger partial charge in [0.15, 0.2) is 0 Å². The molecule has 7 nitrogen and oxygen atoms in total. The Kier molecular flexibility index (Phi) is 6.43. The molecule has 2 fully saturated rings. The Morgan fingerprint density at radius 3 is 2.63 bits per heavy atom. The minimum Gasteiger partial charge on any atom is -0.378 e. The maximum atomic E-state index is 13.0. The fourth-order valence-electron chi connectivity index (χ4n) is 3.95. The number of piperidine rings is 1. The van der Waals surface area contributed by atoms with Crippen molar-refractivity contribution in [1.82, 2.24) is 4.31 Å². The molecular weight excluding hydrogens is 422 g/mol. The average Bonchev–Trinajstić information content (AvgIpc) is 3.22. The molecule has 2 saturated heterocycles. The number of ether oxygens (including phenoxy) is 1. The fraction of sp³-hybridized carbons (Fsp3) is 0.476. The van der Waals surface area contributed by atoms with Gasteiger partial charge in [-0.25, -0.2) is 8.42 Å². The summed E-state index contributed by atoms with van der Waals surface area (Å²) in [6.07, 6.45) is 1.35. The van der Waals surface area contributed by atoms with E-state index in [9.17, 15) is 13.2 Å². The second-order valence-electron chi connectivity index (χ2n) is 7.67. The van der Waals surface area contributed by atoms with E-state index in [-0.39, 0.29) is 18.4 Å². The van der Waals surface area contributed by atoms with E-state index >= 15 is 0 Å². The van der Waals surface area contributed by atoms with Gasteiger partial charge in [-0.2, -0.15) is 4.31 Å². The molecule has 0 spiro atoms. The molecule has 3 heterocycles. The number of hydrogen-bond donors (Lipinski definition) is 1. The van der Waals surface area contributed by atoms with Gasteiger partial charge in [0.2, 0.25) is 5.91 Å². The van der Waals surface area contributed by atoms with Gasteiger partial charge in [-0.1, -0.05) is 12.1 Å². The summed E-state index contributed by atoms with van der Waals surface area (Å²) in [7, 11) is -3.56. The number of carbonyl (C=O) groups is 1. The summed E-state index contributed by atoms with van der Waals surface area (Å²) < 4.78 is 33.2. The van der Waals surface area contributed by atoms with Crippen LogP contribution in [0.4, 0.5) is 11.4 Å². The number of nitrogens with zero attached hydrogens (tertiary/aromatic N) is 2. The summed E-state index contributed by atoms with van der Waals surface area (Å²) in [5.41, 5.74) is 1.74. The Balaban J connectivity index is 1.47. The number of morpholine rings is 1. The van der Waals surface area contributed by atoms with E-state index in [2.05, 4.69) is 10.2 Å². The third-order valence-electron chi connectivity index (χ3n) is 5.58. The van der Waals surface area contributed by atoms with Crippen molar-refractivity contribution in [3.05, 3.63) is 41.3 Å². The molecule has 1 unspecified atom stereocenters. The van der Waals surface area contributed by atoms with Gasteiger partial charge < -0.3 is 15.0 Å². The van der Waals surface area contributed by atoms with Crippen molar-refractivity contribution >= 4 is 38.6 Å². The van der Waals surface area contributed by atoms with Crippen LogP contribution in [0.25, 0.3) is 0 Å². The van der Waals surface area contributed by atoms with E-state index in [1.54, 1.807) is 6.07 Å². The van der Waals surface area contributed by atoms with E-state index in [1.807, 2.05) is 37.3 Å². The maximum Gasteiger partial charge on any atom is 0.252 e. The predicted molar refractivity (Wildman–Crippen MR) is 119 cm³/mol. The topological polar surface area (TPSA) is 79.0 Å². The first-order valence-electron chi connectivity index (χ1n) is 10.2. The number of aryl methyl sites for hydroxylation is 1. The minimum absolute atomic E-state index is 0.127. The summed E-state index contributed by atoms with van der Waals surface area (Å²) in [6, 6.07) is 11.2. The lowest BCUT2D eigenvalue weighted by atomic mass is 9.98. The van der Waals surface area contributed by atoms with E-state index < -0.39 is 10.0 Å². The van der Waals surface area contributed by atoms with Crippen LogP contribution in [-0.2, 0) is 19.6 Å². The van der Waals surface area contributed by atoms with Crippen LogP contribution in [0.5, 0.6) is 0 Å². The number of para-hydroxylation sites is 2. The Hall–Kier alpha value is -1.94. The first-order valence-corrected chi connectivity index (χ1v) is 12.5. The monoisotopic (exact) mass is 449 g/mol. The summed E-state index contributed by atoms with van der Waals surface area (Å²) in [4.78, 5) is 16.2. The molecule has 0 radical (unpaired) electrons. The number of rotatable bonds is 5. The van der Waals surface area contributed by atoms with Gasteiger partial charge in [0, 0.05) is 31.1 Å². The number of nitrogens with one attached hydrogen (secondary N) is 1. The molecule has 2 aromatic rings.